The van der Waals surface area contributed by atoms with Crippen LogP contribution in [0.4, 0.5) is 5.69 Å². The number of rotatable bonds is 5. The van der Waals surface area contributed by atoms with Gasteiger partial charge in [0.15, 0.2) is 0 Å². The van der Waals surface area contributed by atoms with Gasteiger partial charge in [0, 0.05) is 18.5 Å². The van der Waals surface area contributed by atoms with E-state index >= 15 is 0 Å². The van der Waals surface area contributed by atoms with Gasteiger partial charge in [-0.05, 0) is 55.8 Å². The Morgan fingerprint density at radius 2 is 1.65 bits per heavy atom. The third-order valence-electron chi connectivity index (χ3n) is 5.97. The van der Waals surface area contributed by atoms with E-state index in [0.29, 0.717) is 35.3 Å². The van der Waals surface area contributed by atoms with Gasteiger partial charge in [-0.3, -0.25) is 4.31 Å². The van der Waals surface area contributed by atoms with Crippen molar-refractivity contribution in [3.8, 4) is 11.1 Å². The fourth-order valence-electron chi connectivity index (χ4n) is 4.07. The number of fused-ring (bicyclic) bond motifs is 1. The molecule has 0 bridgehead atoms. The second-order valence-corrected chi connectivity index (χ2v) is 10.3. The molecule has 0 atom stereocenters. The summed E-state index contributed by atoms with van der Waals surface area (Å²) in [4.78, 5) is 12.9. The van der Waals surface area contributed by atoms with Gasteiger partial charge in [-0.25, -0.2) is 13.2 Å². The van der Waals surface area contributed by atoms with E-state index in [9.17, 15) is 13.2 Å². The average Bonchev–Trinajstić information content (AvgIpc) is 2.75. The smallest absolute Gasteiger partial charge is 0.344 e. The van der Waals surface area contributed by atoms with Crippen LogP contribution in [0.3, 0.4) is 0 Å². The van der Waals surface area contributed by atoms with Crippen molar-refractivity contribution in [2.45, 2.75) is 24.8 Å². The molecule has 1 N–H and O–H groups in total. The Morgan fingerprint density at radius 3 is 2.29 bits per heavy atom. The lowest BCUT2D eigenvalue weighted by Gasteiger charge is -2.38. The van der Waals surface area contributed by atoms with Crippen molar-refractivity contribution in [1.29, 1.82) is 0 Å². The predicted octanol–water partition coefficient (Wildman–Crippen LogP) is 4.67. The summed E-state index contributed by atoms with van der Waals surface area (Å²) in [5, 5.41) is 3.83. The molecular weight excluding hydrogens is 472 g/mol. The first-order chi connectivity index (χ1) is 15.8. The third kappa shape index (κ3) is 4.34. The third-order valence-corrected chi connectivity index (χ3v) is 7.86. The van der Waals surface area contributed by atoms with Gasteiger partial charge in [-0.1, -0.05) is 47.5 Å². The van der Waals surface area contributed by atoms with Gasteiger partial charge in [0.1, 0.15) is 5.58 Å². The van der Waals surface area contributed by atoms with Crippen molar-refractivity contribution in [1.82, 2.24) is 5.32 Å². The number of benzene rings is 3. The van der Waals surface area contributed by atoms with Crippen LogP contribution in [-0.2, 0) is 10.0 Å². The van der Waals surface area contributed by atoms with Gasteiger partial charge in [0.05, 0.1) is 22.2 Å². The lowest BCUT2D eigenvalue weighted by Crippen LogP contribution is -2.59. The van der Waals surface area contributed by atoms with Crippen LogP contribution in [0, 0.1) is 13.8 Å². The molecule has 0 saturated carbocycles. The standard InChI is InChI=1S/C26H24N2O4S.ClH/c1-17-6-9-23(10-7-17)33(30,31)28(22-15-27-16-22)21-8-11-25-20(13-21)14-24(26(29)32-25)19-5-3-4-18(2)12-19;/h3-14,22,27H,15-16H2,1-2H3;1H. The Bertz CT molecular complexity index is 1510. The number of hydrogen-bond donors (Lipinski definition) is 1. The fraction of sp³-hybridized carbons (Fsp3) is 0.192. The molecule has 0 amide bonds. The first kappa shape index (κ1) is 24.0. The van der Waals surface area contributed by atoms with Gasteiger partial charge in [0.2, 0.25) is 0 Å². The quantitative estimate of drug-likeness (QED) is 0.406. The highest BCUT2D eigenvalue weighted by molar-refractivity contribution is 7.92. The Morgan fingerprint density at radius 1 is 0.912 bits per heavy atom. The van der Waals surface area contributed by atoms with E-state index in [1.54, 1.807) is 48.5 Å². The minimum atomic E-state index is -3.77. The van der Waals surface area contributed by atoms with E-state index in [1.807, 2.05) is 38.1 Å². The topological polar surface area (TPSA) is 79.6 Å². The Kier molecular flexibility index (Phi) is 6.53. The van der Waals surface area contributed by atoms with Crippen molar-refractivity contribution in [3.63, 3.8) is 0 Å². The Balaban J connectivity index is 0.00000274. The molecule has 5 rings (SSSR count). The highest BCUT2D eigenvalue weighted by Crippen LogP contribution is 2.31. The summed E-state index contributed by atoms with van der Waals surface area (Å²) in [6, 6.07) is 21.2. The van der Waals surface area contributed by atoms with Gasteiger partial charge >= 0.3 is 5.63 Å². The molecule has 1 fully saturated rings. The molecule has 1 aliphatic heterocycles. The maximum atomic E-state index is 13.6. The summed E-state index contributed by atoms with van der Waals surface area (Å²) in [5.41, 5.74) is 3.78. The van der Waals surface area contributed by atoms with E-state index in [-0.39, 0.29) is 23.3 Å². The van der Waals surface area contributed by atoms with Crippen LogP contribution in [0.1, 0.15) is 11.1 Å². The molecule has 34 heavy (non-hydrogen) atoms. The van der Waals surface area contributed by atoms with Crippen molar-refractivity contribution in [2.75, 3.05) is 17.4 Å². The summed E-state index contributed by atoms with van der Waals surface area (Å²) >= 11 is 0. The summed E-state index contributed by atoms with van der Waals surface area (Å²) in [7, 11) is -3.77. The van der Waals surface area contributed by atoms with Crippen LogP contribution < -0.4 is 15.2 Å². The molecule has 3 aromatic carbocycles. The molecular formula is C26H25ClN2O4S. The van der Waals surface area contributed by atoms with E-state index in [4.69, 9.17) is 4.42 Å². The number of sulfonamides is 1. The number of aryl methyl sites for hydroxylation is 2. The second-order valence-electron chi connectivity index (χ2n) is 8.47. The highest BCUT2D eigenvalue weighted by atomic mass is 35.5. The normalized spacial score (nSPS) is 13.8. The SMILES string of the molecule is Cc1ccc(S(=O)(=O)N(c2ccc3oc(=O)c(-c4cccc(C)c4)cc3c2)C2CNC2)cc1.Cl. The predicted molar refractivity (Wildman–Crippen MR) is 137 cm³/mol. The van der Waals surface area contributed by atoms with Crippen LogP contribution in [0.5, 0.6) is 0 Å². The van der Waals surface area contributed by atoms with Crippen molar-refractivity contribution < 1.29 is 12.8 Å². The molecule has 2 heterocycles. The minimum Gasteiger partial charge on any atom is -0.422 e. The Labute approximate surface area is 204 Å². The fourth-order valence-corrected chi connectivity index (χ4v) is 5.71. The number of halogens is 1. The van der Waals surface area contributed by atoms with Crippen molar-refractivity contribution in [2.24, 2.45) is 0 Å². The number of hydrogen-bond acceptors (Lipinski definition) is 5. The monoisotopic (exact) mass is 496 g/mol. The zero-order chi connectivity index (χ0) is 23.2. The van der Waals surface area contributed by atoms with Gasteiger partial charge < -0.3 is 9.73 Å². The average molecular weight is 497 g/mol. The Hall–Kier alpha value is -3.13. The molecule has 6 nitrogen and oxygen atoms in total. The molecule has 1 saturated heterocycles. The first-order valence-corrected chi connectivity index (χ1v) is 12.2. The lowest BCUT2D eigenvalue weighted by molar-refractivity contribution is 0.441. The summed E-state index contributed by atoms with van der Waals surface area (Å²) in [5.74, 6) is 0. The zero-order valence-corrected chi connectivity index (χ0v) is 20.4. The van der Waals surface area contributed by atoms with E-state index in [0.717, 1.165) is 16.7 Å². The molecule has 1 aromatic heterocycles. The van der Waals surface area contributed by atoms with Crippen LogP contribution >= 0.6 is 12.4 Å². The number of nitrogens with zero attached hydrogens (tertiary/aromatic N) is 1. The van der Waals surface area contributed by atoms with E-state index in [2.05, 4.69) is 5.32 Å². The summed E-state index contributed by atoms with van der Waals surface area (Å²) in [6.07, 6.45) is 0. The van der Waals surface area contributed by atoms with E-state index in [1.165, 1.54) is 4.31 Å². The molecule has 176 valence electrons. The zero-order valence-electron chi connectivity index (χ0n) is 18.8. The van der Waals surface area contributed by atoms with Crippen LogP contribution in [0.25, 0.3) is 22.1 Å². The maximum absolute atomic E-state index is 13.6. The number of nitrogens with one attached hydrogen (secondary N) is 1. The highest BCUT2D eigenvalue weighted by Gasteiger charge is 2.35. The largest absolute Gasteiger partial charge is 0.422 e. The molecule has 0 aliphatic carbocycles. The lowest BCUT2D eigenvalue weighted by atomic mass is 10.0. The summed E-state index contributed by atoms with van der Waals surface area (Å²) < 4.78 is 34.3. The van der Waals surface area contributed by atoms with Crippen LogP contribution in [-0.4, -0.2) is 27.5 Å². The molecule has 0 radical (unpaired) electrons. The molecule has 0 spiro atoms. The van der Waals surface area contributed by atoms with Crippen LogP contribution in [0.15, 0.2) is 86.9 Å². The number of anilines is 1. The molecule has 1 aliphatic rings. The van der Waals surface area contributed by atoms with Crippen LogP contribution in [0.2, 0.25) is 0 Å². The molecule has 0 unspecified atom stereocenters. The van der Waals surface area contributed by atoms with Crippen molar-refractivity contribution >= 4 is 39.1 Å². The molecule has 8 heteroatoms. The van der Waals surface area contributed by atoms with Gasteiger partial charge in [-0.2, -0.15) is 0 Å². The maximum Gasteiger partial charge on any atom is 0.344 e. The molecule has 4 aromatic rings. The first-order valence-electron chi connectivity index (χ1n) is 10.8. The van der Waals surface area contributed by atoms with Gasteiger partial charge in [-0.15, -0.1) is 12.4 Å². The van der Waals surface area contributed by atoms with Crippen molar-refractivity contribution in [3.05, 3.63) is 94.3 Å². The second kappa shape index (κ2) is 9.25. The minimum absolute atomic E-state index is 0. The van der Waals surface area contributed by atoms with Gasteiger partial charge in [0.25, 0.3) is 10.0 Å². The van der Waals surface area contributed by atoms with E-state index < -0.39 is 15.6 Å². The summed E-state index contributed by atoms with van der Waals surface area (Å²) in [6.45, 7) is 5.03.